The van der Waals surface area contributed by atoms with Gasteiger partial charge in [0.25, 0.3) is 0 Å². The predicted octanol–water partition coefficient (Wildman–Crippen LogP) is 11.9. The van der Waals surface area contributed by atoms with Crippen molar-refractivity contribution < 1.29 is 0 Å². The molecule has 0 aromatic rings. The van der Waals surface area contributed by atoms with Crippen molar-refractivity contribution in [3.8, 4) is 0 Å². The average Bonchev–Trinajstić information content (AvgIpc) is 2.85. The van der Waals surface area contributed by atoms with Crippen molar-refractivity contribution >= 4 is 14.5 Å². The molecule has 4 fully saturated rings. The maximum atomic E-state index is 2.78. The smallest absolute Gasteiger partial charge is 0.0530 e. The largest absolute Gasteiger partial charge is 0.162 e. The SMILES string of the molecule is CC(C)(C)[P+](C[P+](C1CCCCC1)(C1CCCCC1)C(C)(C)C)(C1CCCCC1)C1CCCCC1. The van der Waals surface area contributed by atoms with E-state index in [1.165, 1.54) is 25.7 Å². The van der Waals surface area contributed by atoms with Crippen molar-refractivity contribution in [3.63, 3.8) is 0 Å². The van der Waals surface area contributed by atoms with Gasteiger partial charge in [0.15, 0.2) is 5.90 Å². The molecule has 4 aliphatic rings. The fourth-order valence-corrected chi connectivity index (χ4v) is 31.1. The van der Waals surface area contributed by atoms with Crippen molar-refractivity contribution in [1.29, 1.82) is 0 Å². The summed E-state index contributed by atoms with van der Waals surface area (Å²) in [5.74, 6) is 1.79. The second-order valence-corrected chi connectivity index (χ2v) is 26.0. The standard InChI is InChI=1S/C33H64P2/c1-32(2,3)34(28-19-11-7-12-20-28,29-21-13-8-14-22-29)27-35(33(4,5)6,30-23-15-9-16-24-30)31-25-17-10-18-26-31/h28-31H,7-27H2,1-6H3/q+2. The van der Waals surface area contributed by atoms with E-state index in [2.05, 4.69) is 41.5 Å². The minimum absolute atomic E-state index is 0.539. The van der Waals surface area contributed by atoms with E-state index in [1.807, 2.05) is 0 Å². The maximum Gasteiger partial charge on any atom is 0.162 e. The molecule has 2 heteroatoms. The summed E-state index contributed by atoms with van der Waals surface area (Å²) in [6.07, 6.45) is 31.2. The zero-order valence-electron chi connectivity index (χ0n) is 25.1. The van der Waals surface area contributed by atoms with E-state index in [9.17, 15) is 0 Å². The summed E-state index contributed by atoms with van der Waals surface area (Å²) in [5.41, 5.74) is 4.42. The Kier molecular flexibility index (Phi) is 9.84. The van der Waals surface area contributed by atoms with Gasteiger partial charge < -0.3 is 0 Å². The fourth-order valence-electron chi connectivity index (χ4n) is 10.2. The van der Waals surface area contributed by atoms with Crippen LogP contribution in [0.2, 0.25) is 0 Å². The summed E-state index contributed by atoms with van der Waals surface area (Å²) < 4.78 is 0. The average molecular weight is 523 g/mol. The highest BCUT2D eigenvalue weighted by Crippen LogP contribution is 2.92. The molecular formula is C33H64P2+2. The van der Waals surface area contributed by atoms with Crippen LogP contribution in [0, 0.1) is 0 Å². The molecule has 4 saturated carbocycles. The molecule has 35 heavy (non-hydrogen) atoms. The molecular weight excluding hydrogens is 458 g/mol. The Morgan fingerprint density at radius 2 is 0.571 bits per heavy atom. The molecule has 0 spiro atoms. The van der Waals surface area contributed by atoms with E-state index in [0.717, 1.165) is 22.6 Å². The van der Waals surface area contributed by atoms with E-state index < -0.39 is 14.5 Å². The molecule has 4 rings (SSSR count). The number of hydrogen-bond acceptors (Lipinski definition) is 0. The minimum Gasteiger partial charge on any atom is -0.0530 e. The second-order valence-electron chi connectivity index (χ2n) is 15.5. The van der Waals surface area contributed by atoms with Crippen LogP contribution in [-0.4, -0.2) is 38.9 Å². The molecule has 0 heterocycles. The lowest BCUT2D eigenvalue weighted by Crippen LogP contribution is -2.46. The minimum atomic E-state index is -1.13. The molecule has 0 radical (unpaired) electrons. The van der Waals surface area contributed by atoms with Crippen LogP contribution in [0.25, 0.3) is 0 Å². The summed E-state index contributed by atoms with van der Waals surface area (Å²) in [7, 11) is -2.27. The lowest BCUT2D eigenvalue weighted by Gasteiger charge is -2.57. The molecule has 0 nitrogen and oxygen atoms in total. The summed E-state index contributed by atoms with van der Waals surface area (Å²) in [6.45, 7) is 16.7. The van der Waals surface area contributed by atoms with Gasteiger partial charge in [-0.1, -0.05) is 25.7 Å². The summed E-state index contributed by atoms with van der Waals surface area (Å²) in [5, 5.41) is 1.08. The van der Waals surface area contributed by atoms with E-state index in [1.54, 1.807) is 109 Å². The van der Waals surface area contributed by atoms with E-state index in [-0.39, 0.29) is 0 Å². The van der Waals surface area contributed by atoms with Crippen molar-refractivity contribution in [2.45, 2.75) is 203 Å². The molecule has 0 amide bonds. The zero-order valence-corrected chi connectivity index (χ0v) is 26.8. The van der Waals surface area contributed by atoms with Gasteiger partial charge >= 0.3 is 0 Å². The monoisotopic (exact) mass is 522 g/mol. The first-order valence-corrected chi connectivity index (χ1v) is 20.6. The van der Waals surface area contributed by atoms with Crippen molar-refractivity contribution in [2.75, 3.05) is 5.90 Å². The third-order valence-corrected chi connectivity index (χ3v) is 27.9. The first-order valence-electron chi connectivity index (χ1n) is 16.4. The van der Waals surface area contributed by atoms with Crippen LogP contribution < -0.4 is 0 Å². The third kappa shape index (κ3) is 5.76. The molecule has 0 aromatic heterocycles. The van der Waals surface area contributed by atoms with Gasteiger partial charge in [-0.3, -0.25) is 0 Å². The molecule has 0 atom stereocenters. The van der Waals surface area contributed by atoms with Crippen molar-refractivity contribution in [3.05, 3.63) is 0 Å². The molecule has 204 valence electrons. The fraction of sp³-hybridized carbons (Fsp3) is 1.00. The molecule has 0 N–H and O–H groups in total. The maximum absolute atomic E-state index is 2.78. The highest BCUT2D eigenvalue weighted by atomic mass is 31.2. The molecule has 4 aliphatic carbocycles. The Bertz CT molecular complexity index is 537. The normalized spacial score (nSPS) is 26.2. The van der Waals surface area contributed by atoms with Gasteiger partial charge in [-0.2, -0.15) is 0 Å². The van der Waals surface area contributed by atoms with Crippen LogP contribution in [0.1, 0.15) is 170 Å². The van der Waals surface area contributed by atoms with Crippen molar-refractivity contribution in [1.82, 2.24) is 0 Å². The zero-order chi connectivity index (χ0) is 25.2. The van der Waals surface area contributed by atoms with Gasteiger partial charge in [-0.25, -0.2) is 0 Å². The first kappa shape index (κ1) is 28.9. The highest BCUT2D eigenvalue weighted by Gasteiger charge is 2.71. The van der Waals surface area contributed by atoms with Gasteiger partial charge in [-0.05, 0) is 144 Å². The molecule has 0 aliphatic heterocycles. The van der Waals surface area contributed by atoms with Crippen LogP contribution in [0.4, 0.5) is 0 Å². The third-order valence-electron chi connectivity index (χ3n) is 11.9. The van der Waals surface area contributed by atoms with Gasteiger partial charge in [0.2, 0.25) is 0 Å². The van der Waals surface area contributed by atoms with Crippen LogP contribution in [0.5, 0.6) is 0 Å². The molecule has 0 aromatic carbocycles. The predicted molar refractivity (Wildman–Crippen MR) is 166 cm³/mol. The van der Waals surface area contributed by atoms with E-state index in [4.69, 9.17) is 0 Å². The van der Waals surface area contributed by atoms with E-state index in [0.29, 0.717) is 10.3 Å². The van der Waals surface area contributed by atoms with Gasteiger partial charge in [0, 0.05) is 0 Å². The van der Waals surface area contributed by atoms with E-state index >= 15 is 0 Å². The summed E-state index contributed by atoms with van der Waals surface area (Å²) in [6, 6.07) is 0. The Hall–Kier alpha value is 0.860. The molecule has 0 bridgehead atoms. The number of rotatable bonds is 6. The Morgan fingerprint density at radius 3 is 0.743 bits per heavy atom. The Balaban J connectivity index is 1.88. The summed E-state index contributed by atoms with van der Waals surface area (Å²) in [4.78, 5) is 0. The van der Waals surface area contributed by atoms with Crippen LogP contribution >= 0.6 is 14.5 Å². The second kappa shape index (κ2) is 11.9. The summed E-state index contributed by atoms with van der Waals surface area (Å²) >= 11 is 0. The topological polar surface area (TPSA) is 0 Å². The van der Waals surface area contributed by atoms with Crippen LogP contribution in [0.15, 0.2) is 0 Å². The van der Waals surface area contributed by atoms with Crippen LogP contribution in [-0.2, 0) is 0 Å². The quantitative estimate of drug-likeness (QED) is 0.304. The van der Waals surface area contributed by atoms with Gasteiger partial charge in [0.1, 0.15) is 0 Å². The highest BCUT2D eigenvalue weighted by molar-refractivity contribution is 7.94. The lowest BCUT2D eigenvalue weighted by atomic mass is 9.99. The van der Waals surface area contributed by atoms with Gasteiger partial charge in [0.05, 0.1) is 47.5 Å². The van der Waals surface area contributed by atoms with Gasteiger partial charge in [-0.15, -0.1) is 0 Å². The molecule has 0 unspecified atom stereocenters. The Morgan fingerprint density at radius 1 is 0.371 bits per heavy atom. The van der Waals surface area contributed by atoms with Crippen molar-refractivity contribution in [2.24, 2.45) is 0 Å². The number of hydrogen-bond donors (Lipinski definition) is 0. The Labute approximate surface area is 223 Å². The lowest BCUT2D eigenvalue weighted by molar-refractivity contribution is 0.461. The van der Waals surface area contributed by atoms with Crippen LogP contribution in [0.3, 0.4) is 0 Å². The first-order chi connectivity index (χ1) is 16.6. The molecule has 0 saturated heterocycles.